The van der Waals surface area contributed by atoms with Gasteiger partial charge in [0.05, 0.1) is 37.0 Å². The molecule has 0 aromatic heterocycles. The summed E-state index contributed by atoms with van der Waals surface area (Å²) in [6.07, 6.45) is -0.124. The van der Waals surface area contributed by atoms with Gasteiger partial charge in [0.25, 0.3) is 11.7 Å². The van der Waals surface area contributed by atoms with Crippen LogP contribution in [-0.4, -0.2) is 55.2 Å². The van der Waals surface area contributed by atoms with Gasteiger partial charge in [-0.2, -0.15) is 0 Å². The van der Waals surface area contributed by atoms with Gasteiger partial charge < -0.3 is 24.2 Å². The molecule has 1 fully saturated rings. The van der Waals surface area contributed by atoms with Crippen molar-refractivity contribution in [3.8, 4) is 11.5 Å². The lowest BCUT2D eigenvalue weighted by molar-refractivity contribution is -0.140. The fourth-order valence-corrected chi connectivity index (χ4v) is 4.20. The fraction of sp³-hybridized carbons (Fsp3) is 0.429. The van der Waals surface area contributed by atoms with Crippen LogP contribution in [0.3, 0.4) is 0 Å². The molecule has 0 radical (unpaired) electrons. The Balaban J connectivity index is 2.30. The number of methoxy groups -OCH3 is 2. The molecule has 1 aliphatic heterocycles. The molecule has 1 heterocycles. The smallest absolute Gasteiger partial charge is 0.295 e. The maximum Gasteiger partial charge on any atom is 0.295 e. The highest BCUT2D eigenvalue weighted by Gasteiger charge is 2.47. The number of benzene rings is 2. The highest BCUT2D eigenvalue weighted by atomic mass is 16.5. The molecular formula is C28H35NO6. The molecule has 1 aliphatic rings. The Morgan fingerprint density at radius 1 is 1.06 bits per heavy atom. The van der Waals surface area contributed by atoms with Crippen LogP contribution in [-0.2, 0) is 19.7 Å². The van der Waals surface area contributed by atoms with Gasteiger partial charge >= 0.3 is 0 Å². The van der Waals surface area contributed by atoms with Crippen LogP contribution in [0, 0.1) is 0 Å². The second kappa shape index (κ2) is 10.5. The molecule has 7 nitrogen and oxygen atoms in total. The third kappa shape index (κ3) is 5.35. The monoisotopic (exact) mass is 481 g/mol. The van der Waals surface area contributed by atoms with Gasteiger partial charge in [0.1, 0.15) is 17.3 Å². The zero-order valence-corrected chi connectivity index (χ0v) is 21.5. The van der Waals surface area contributed by atoms with E-state index in [1.807, 2.05) is 44.2 Å². The lowest BCUT2D eigenvalue weighted by Gasteiger charge is -2.27. The molecule has 1 saturated heterocycles. The Labute approximate surface area is 207 Å². The summed E-state index contributed by atoms with van der Waals surface area (Å²) in [5, 5.41) is 11.6. The number of aliphatic hydroxyl groups is 1. The Morgan fingerprint density at radius 2 is 1.74 bits per heavy atom. The minimum absolute atomic E-state index is 0.00438. The topological polar surface area (TPSA) is 85.3 Å². The van der Waals surface area contributed by atoms with Crippen LogP contribution in [0.25, 0.3) is 5.76 Å². The number of para-hydroxylation sites is 1. The number of aliphatic hydroxyl groups excluding tert-OH is 1. The number of carbonyl (C=O) groups is 2. The minimum atomic E-state index is -0.844. The summed E-state index contributed by atoms with van der Waals surface area (Å²) in [7, 11) is 3.04. The van der Waals surface area contributed by atoms with Crippen molar-refractivity contribution in [1.29, 1.82) is 0 Å². The standard InChI is InChI=1S/C28H35NO6/c1-17(2)35-22-11-9-8-10-19(22)24-23(26(31)27(32)29(24)14-15-33-6)25(30)20-16-18(28(3,4)5)12-13-21(20)34-7/h8-13,16-17,24,30H,14-15H2,1-7H3/b25-23+. The zero-order chi connectivity index (χ0) is 25.9. The summed E-state index contributed by atoms with van der Waals surface area (Å²) in [5.41, 5.74) is 1.72. The van der Waals surface area contributed by atoms with E-state index in [2.05, 4.69) is 20.8 Å². The second-order valence-electron chi connectivity index (χ2n) is 9.85. The number of amides is 1. The van der Waals surface area contributed by atoms with Crippen LogP contribution in [0.15, 0.2) is 48.0 Å². The molecule has 0 spiro atoms. The Kier molecular flexibility index (Phi) is 7.90. The van der Waals surface area contributed by atoms with E-state index >= 15 is 0 Å². The number of ether oxygens (including phenoxy) is 3. The van der Waals surface area contributed by atoms with E-state index in [4.69, 9.17) is 14.2 Å². The lowest BCUT2D eigenvalue weighted by atomic mass is 9.85. The predicted molar refractivity (Wildman–Crippen MR) is 135 cm³/mol. The average molecular weight is 482 g/mol. The van der Waals surface area contributed by atoms with E-state index in [1.54, 1.807) is 12.1 Å². The van der Waals surface area contributed by atoms with Crippen molar-refractivity contribution < 1.29 is 28.9 Å². The number of hydrogen-bond donors (Lipinski definition) is 1. The first-order valence-electron chi connectivity index (χ1n) is 11.7. The van der Waals surface area contributed by atoms with Gasteiger partial charge in [-0.15, -0.1) is 0 Å². The highest BCUT2D eigenvalue weighted by Crippen LogP contribution is 2.44. The molecular weight excluding hydrogens is 446 g/mol. The van der Waals surface area contributed by atoms with Gasteiger partial charge in [0, 0.05) is 19.2 Å². The van der Waals surface area contributed by atoms with E-state index in [0.717, 1.165) is 5.56 Å². The number of nitrogens with zero attached hydrogens (tertiary/aromatic N) is 1. The minimum Gasteiger partial charge on any atom is -0.507 e. The third-order valence-corrected chi connectivity index (χ3v) is 5.97. The number of Topliss-reactive ketones (excluding diaryl/α,β-unsaturated/α-hetero) is 1. The second-order valence-corrected chi connectivity index (χ2v) is 9.85. The van der Waals surface area contributed by atoms with Crippen molar-refractivity contribution >= 4 is 17.4 Å². The zero-order valence-electron chi connectivity index (χ0n) is 21.5. The van der Waals surface area contributed by atoms with Gasteiger partial charge in [0.15, 0.2) is 0 Å². The van der Waals surface area contributed by atoms with Crippen molar-refractivity contribution in [3.05, 3.63) is 64.7 Å². The molecule has 0 saturated carbocycles. The summed E-state index contributed by atoms with van der Waals surface area (Å²) in [6, 6.07) is 11.9. The SMILES string of the molecule is COCCN1C(=O)C(=O)/C(=C(/O)c2cc(C(C)(C)C)ccc2OC)C1c1ccccc1OC(C)C. The number of hydrogen-bond acceptors (Lipinski definition) is 6. The van der Waals surface area contributed by atoms with E-state index in [-0.39, 0.29) is 36.0 Å². The van der Waals surface area contributed by atoms with Crippen LogP contribution in [0.4, 0.5) is 0 Å². The summed E-state index contributed by atoms with van der Waals surface area (Å²) in [4.78, 5) is 28.0. The molecule has 3 rings (SSSR count). The Bertz CT molecular complexity index is 1130. The van der Waals surface area contributed by atoms with E-state index in [1.165, 1.54) is 19.1 Å². The van der Waals surface area contributed by atoms with Crippen molar-refractivity contribution in [2.45, 2.75) is 52.2 Å². The molecule has 0 bridgehead atoms. The summed E-state index contributed by atoms with van der Waals surface area (Å²) >= 11 is 0. The van der Waals surface area contributed by atoms with Gasteiger partial charge in [0.2, 0.25) is 0 Å². The maximum atomic E-state index is 13.4. The first kappa shape index (κ1) is 26.3. The van der Waals surface area contributed by atoms with E-state index < -0.39 is 17.7 Å². The van der Waals surface area contributed by atoms with Crippen molar-refractivity contribution in [2.24, 2.45) is 0 Å². The Hall–Kier alpha value is -3.32. The van der Waals surface area contributed by atoms with Gasteiger partial charge in [-0.1, -0.05) is 45.0 Å². The molecule has 7 heteroatoms. The number of carbonyl (C=O) groups excluding carboxylic acids is 2. The molecule has 2 aromatic rings. The molecule has 35 heavy (non-hydrogen) atoms. The number of likely N-dealkylation sites (tertiary alicyclic amines) is 1. The van der Waals surface area contributed by atoms with Gasteiger partial charge in [-0.05, 0) is 43.0 Å². The highest BCUT2D eigenvalue weighted by molar-refractivity contribution is 6.46. The predicted octanol–water partition coefficient (Wildman–Crippen LogP) is 4.85. The molecule has 1 atom stereocenters. The first-order valence-corrected chi connectivity index (χ1v) is 11.7. The lowest BCUT2D eigenvalue weighted by Crippen LogP contribution is -2.33. The largest absolute Gasteiger partial charge is 0.507 e. The quantitative estimate of drug-likeness (QED) is 0.330. The Morgan fingerprint density at radius 3 is 2.34 bits per heavy atom. The third-order valence-electron chi connectivity index (χ3n) is 5.97. The van der Waals surface area contributed by atoms with Gasteiger partial charge in [-0.25, -0.2) is 0 Å². The molecule has 0 aliphatic carbocycles. The first-order chi connectivity index (χ1) is 16.5. The maximum absolute atomic E-state index is 13.4. The van der Waals surface area contributed by atoms with Crippen LogP contribution in [0.5, 0.6) is 11.5 Å². The van der Waals surface area contributed by atoms with Crippen LogP contribution in [0.2, 0.25) is 0 Å². The fourth-order valence-electron chi connectivity index (χ4n) is 4.20. The van der Waals surface area contributed by atoms with Crippen molar-refractivity contribution in [1.82, 2.24) is 4.90 Å². The van der Waals surface area contributed by atoms with Crippen LogP contribution < -0.4 is 9.47 Å². The van der Waals surface area contributed by atoms with Crippen LogP contribution in [0.1, 0.15) is 57.4 Å². The van der Waals surface area contributed by atoms with E-state index in [9.17, 15) is 14.7 Å². The molecule has 2 aromatic carbocycles. The average Bonchev–Trinajstić information content (AvgIpc) is 3.05. The van der Waals surface area contributed by atoms with E-state index in [0.29, 0.717) is 22.6 Å². The summed E-state index contributed by atoms with van der Waals surface area (Å²) in [5.74, 6) is -0.789. The van der Waals surface area contributed by atoms with Gasteiger partial charge in [-0.3, -0.25) is 9.59 Å². The van der Waals surface area contributed by atoms with Crippen molar-refractivity contribution in [3.63, 3.8) is 0 Å². The molecule has 188 valence electrons. The molecule has 1 amide bonds. The van der Waals surface area contributed by atoms with Crippen LogP contribution >= 0.6 is 0 Å². The summed E-state index contributed by atoms with van der Waals surface area (Å²) < 4.78 is 16.7. The van der Waals surface area contributed by atoms with Crippen molar-refractivity contribution in [2.75, 3.05) is 27.4 Å². The molecule has 1 N–H and O–H groups in total. The molecule has 1 unspecified atom stereocenters. The number of rotatable bonds is 8. The summed E-state index contributed by atoms with van der Waals surface area (Å²) in [6.45, 7) is 10.4. The number of ketones is 1. The normalized spacial score (nSPS) is 17.8.